The molecule has 2 heterocycles. The predicted molar refractivity (Wildman–Crippen MR) is 94.4 cm³/mol. The number of hydrogen-bond acceptors (Lipinski definition) is 3. The van der Waals surface area contributed by atoms with E-state index in [0.717, 1.165) is 37.1 Å². The number of benzene rings is 1. The van der Waals surface area contributed by atoms with Gasteiger partial charge in [0.1, 0.15) is 0 Å². The lowest BCUT2D eigenvalue weighted by molar-refractivity contribution is 0.229. The summed E-state index contributed by atoms with van der Waals surface area (Å²) in [4.78, 5) is 2.57. The van der Waals surface area contributed by atoms with E-state index in [1.54, 1.807) is 0 Å². The fraction of sp³-hybridized carbons (Fsp3) is 0.526. The molecule has 3 rings (SSSR count). The number of nitrogens with zero attached hydrogens (tertiary/aromatic N) is 3. The van der Waals surface area contributed by atoms with E-state index in [-0.39, 0.29) is 0 Å². The Morgan fingerprint density at radius 3 is 2.74 bits per heavy atom. The zero-order valence-electron chi connectivity index (χ0n) is 13.8. The summed E-state index contributed by atoms with van der Waals surface area (Å²) in [6.07, 6.45) is 7.37. The van der Waals surface area contributed by atoms with E-state index >= 15 is 0 Å². The third-order valence-electron chi connectivity index (χ3n) is 4.71. The number of rotatable bonds is 7. The molecule has 0 bridgehead atoms. The van der Waals surface area contributed by atoms with Crippen molar-refractivity contribution in [1.82, 2.24) is 14.8 Å². The number of nitriles is 1. The summed E-state index contributed by atoms with van der Waals surface area (Å²) in [6.45, 7) is 6.86. The van der Waals surface area contributed by atoms with Crippen molar-refractivity contribution < 1.29 is 0 Å². The molecule has 4 heteroatoms. The number of aromatic nitrogens is 1. The van der Waals surface area contributed by atoms with Crippen molar-refractivity contribution in [1.29, 1.82) is 5.26 Å². The van der Waals surface area contributed by atoms with Gasteiger partial charge >= 0.3 is 0 Å². The molecule has 0 atom stereocenters. The molecule has 1 aromatic carbocycles. The highest BCUT2D eigenvalue weighted by molar-refractivity contribution is 5.81. The van der Waals surface area contributed by atoms with E-state index < -0.39 is 0 Å². The first-order valence-corrected chi connectivity index (χ1v) is 8.79. The Bertz CT molecular complexity index is 662. The molecule has 1 N–H and O–H groups in total. The van der Waals surface area contributed by atoms with E-state index in [4.69, 9.17) is 5.26 Å². The maximum atomic E-state index is 9.03. The maximum absolute atomic E-state index is 9.03. The summed E-state index contributed by atoms with van der Waals surface area (Å²) >= 11 is 0. The molecule has 0 aliphatic carbocycles. The molecule has 122 valence electrons. The van der Waals surface area contributed by atoms with Crippen molar-refractivity contribution in [3.8, 4) is 6.07 Å². The van der Waals surface area contributed by atoms with Gasteiger partial charge in [-0.25, -0.2) is 0 Å². The Kier molecular flexibility index (Phi) is 5.68. The summed E-state index contributed by atoms with van der Waals surface area (Å²) in [6, 6.07) is 10.2. The van der Waals surface area contributed by atoms with Gasteiger partial charge in [-0.05, 0) is 62.5 Å². The summed E-state index contributed by atoms with van der Waals surface area (Å²) < 4.78 is 2.25. The number of hydrogen-bond donors (Lipinski definition) is 1. The molecule has 1 aromatic heterocycles. The van der Waals surface area contributed by atoms with E-state index in [2.05, 4.69) is 33.1 Å². The van der Waals surface area contributed by atoms with Crippen LogP contribution in [0.3, 0.4) is 0 Å². The van der Waals surface area contributed by atoms with Crippen molar-refractivity contribution in [3.63, 3.8) is 0 Å². The van der Waals surface area contributed by atoms with Gasteiger partial charge in [0, 0.05) is 31.3 Å². The summed E-state index contributed by atoms with van der Waals surface area (Å²) in [5, 5.41) is 13.8. The average Bonchev–Trinajstić information content (AvgIpc) is 3.01. The van der Waals surface area contributed by atoms with Gasteiger partial charge in [-0.15, -0.1) is 0 Å². The van der Waals surface area contributed by atoms with Crippen LogP contribution in [-0.4, -0.2) is 42.2 Å². The van der Waals surface area contributed by atoms with Crippen LogP contribution < -0.4 is 5.32 Å². The topological polar surface area (TPSA) is 44.0 Å². The molecule has 23 heavy (non-hydrogen) atoms. The smallest absolute Gasteiger partial charge is 0.0992 e. The van der Waals surface area contributed by atoms with Crippen molar-refractivity contribution in [2.45, 2.75) is 32.2 Å². The number of likely N-dealkylation sites (tertiary alicyclic amines) is 1. The Labute approximate surface area is 138 Å². The second kappa shape index (κ2) is 8.14. The Morgan fingerprint density at radius 1 is 1.04 bits per heavy atom. The van der Waals surface area contributed by atoms with Crippen molar-refractivity contribution in [3.05, 3.63) is 36.0 Å². The molecule has 2 aromatic rings. The summed E-state index contributed by atoms with van der Waals surface area (Å²) in [7, 11) is 0. The number of aryl methyl sites for hydroxylation is 1. The molecule has 0 amide bonds. The Morgan fingerprint density at radius 2 is 1.91 bits per heavy atom. The van der Waals surface area contributed by atoms with Crippen LogP contribution in [0.5, 0.6) is 0 Å². The van der Waals surface area contributed by atoms with Crippen molar-refractivity contribution in [2.75, 3.05) is 32.7 Å². The zero-order valence-corrected chi connectivity index (χ0v) is 13.8. The first-order valence-electron chi connectivity index (χ1n) is 8.79. The minimum Gasteiger partial charge on any atom is -0.347 e. The number of nitrogens with one attached hydrogen (secondary N) is 1. The van der Waals surface area contributed by atoms with Crippen molar-refractivity contribution in [2.24, 2.45) is 0 Å². The monoisotopic (exact) mass is 310 g/mol. The van der Waals surface area contributed by atoms with Gasteiger partial charge in [0.05, 0.1) is 11.6 Å². The second-order valence-electron chi connectivity index (χ2n) is 6.40. The van der Waals surface area contributed by atoms with E-state index in [1.165, 1.54) is 44.3 Å². The molecular weight excluding hydrogens is 284 g/mol. The number of fused-ring (bicyclic) bond motifs is 1. The third kappa shape index (κ3) is 4.34. The minimum atomic E-state index is 0.733. The van der Waals surface area contributed by atoms with Crippen LogP contribution in [-0.2, 0) is 6.54 Å². The number of piperidine rings is 1. The quantitative estimate of drug-likeness (QED) is 0.800. The van der Waals surface area contributed by atoms with Crippen LogP contribution in [0.2, 0.25) is 0 Å². The molecular formula is C19H26N4. The van der Waals surface area contributed by atoms with Gasteiger partial charge < -0.3 is 14.8 Å². The average molecular weight is 310 g/mol. The largest absolute Gasteiger partial charge is 0.347 e. The SMILES string of the molecule is N#Cc1ccc2ccn(CCCNCCN3CCCCC3)c2c1. The molecule has 1 saturated heterocycles. The lowest BCUT2D eigenvalue weighted by Crippen LogP contribution is -2.36. The molecule has 0 unspecified atom stereocenters. The highest BCUT2D eigenvalue weighted by Gasteiger charge is 2.08. The zero-order chi connectivity index (χ0) is 15.9. The highest BCUT2D eigenvalue weighted by Crippen LogP contribution is 2.17. The van der Waals surface area contributed by atoms with E-state index in [1.807, 2.05) is 18.2 Å². The van der Waals surface area contributed by atoms with E-state index in [0.29, 0.717) is 0 Å². The first kappa shape index (κ1) is 16.0. The third-order valence-corrected chi connectivity index (χ3v) is 4.71. The van der Waals surface area contributed by atoms with Gasteiger partial charge in [0.2, 0.25) is 0 Å². The van der Waals surface area contributed by atoms with Crippen LogP contribution in [0.15, 0.2) is 30.5 Å². The molecule has 1 fully saturated rings. The lowest BCUT2D eigenvalue weighted by Gasteiger charge is -2.26. The van der Waals surface area contributed by atoms with Crippen molar-refractivity contribution >= 4 is 10.9 Å². The van der Waals surface area contributed by atoms with Crippen LogP contribution in [0.1, 0.15) is 31.2 Å². The van der Waals surface area contributed by atoms with Gasteiger partial charge in [-0.2, -0.15) is 5.26 Å². The lowest BCUT2D eigenvalue weighted by atomic mass is 10.1. The molecule has 1 aliphatic heterocycles. The van der Waals surface area contributed by atoms with E-state index in [9.17, 15) is 0 Å². The van der Waals surface area contributed by atoms with Crippen LogP contribution in [0.25, 0.3) is 10.9 Å². The normalized spacial score (nSPS) is 15.8. The fourth-order valence-electron chi connectivity index (χ4n) is 3.37. The fourth-order valence-corrected chi connectivity index (χ4v) is 3.37. The van der Waals surface area contributed by atoms with Crippen LogP contribution in [0.4, 0.5) is 0 Å². The Hall–Kier alpha value is -1.83. The molecule has 0 saturated carbocycles. The molecule has 1 aliphatic rings. The predicted octanol–water partition coefficient (Wildman–Crippen LogP) is 2.98. The van der Waals surface area contributed by atoms with Crippen LogP contribution in [0, 0.1) is 11.3 Å². The maximum Gasteiger partial charge on any atom is 0.0992 e. The summed E-state index contributed by atoms with van der Waals surface area (Å²) in [5.74, 6) is 0. The standard InChI is InChI=1S/C19H26N4/c20-16-17-5-6-18-7-13-23(19(18)15-17)12-4-8-21-9-14-22-10-2-1-3-11-22/h5-7,13,15,21H,1-4,8-12,14H2. The minimum absolute atomic E-state index is 0.733. The van der Waals surface area contributed by atoms with Crippen LogP contribution >= 0.6 is 0 Å². The molecule has 0 radical (unpaired) electrons. The van der Waals surface area contributed by atoms with Gasteiger partial charge in [-0.1, -0.05) is 12.5 Å². The van der Waals surface area contributed by atoms with Gasteiger partial charge in [0.25, 0.3) is 0 Å². The van der Waals surface area contributed by atoms with Gasteiger partial charge in [0.15, 0.2) is 0 Å². The second-order valence-corrected chi connectivity index (χ2v) is 6.40. The molecule has 0 spiro atoms. The highest BCUT2D eigenvalue weighted by atomic mass is 15.1. The molecule has 4 nitrogen and oxygen atoms in total. The van der Waals surface area contributed by atoms with Gasteiger partial charge in [-0.3, -0.25) is 0 Å². The summed E-state index contributed by atoms with van der Waals surface area (Å²) in [5.41, 5.74) is 1.90. The Balaban J connectivity index is 1.39. The first-order chi connectivity index (χ1) is 11.4.